The van der Waals surface area contributed by atoms with Crippen molar-refractivity contribution in [2.75, 3.05) is 39.8 Å². The summed E-state index contributed by atoms with van der Waals surface area (Å²) in [5, 5.41) is 0. The molecule has 2 aliphatic carbocycles. The second-order valence-electron chi connectivity index (χ2n) is 11.8. The molecule has 0 bridgehead atoms. The molecule has 4 rings (SSSR count). The summed E-state index contributed by atoms with van der Waals surface area (Å²) in [6.07, 6.45) is 15.0. The van der Waals surface area contributed by atoms with Crippen LogP contribution in [-0.2, 0) is 0 Å². The highest BCUT2D eigenvalue weighted by Gasteiger charge is 2.46. The first-order valence-corrected chi connectivity index (χ1v) is 12.3. The zero-order valence-corrected chi connectivity index (χ0v) is 18.8. The third-order valence-corrected chi connectivity index (χ3v) is 9.74. The van der Waals surface area contributed by atoms with Crippen LogP contribution >= 0.6 is 0 Å². The van der Waals surface area contributed by atoms with Gasteiger partial charge in [-0.2, -0.15) is 0 Å². The Morgan fingerprint density at radius 2 is 1.37 bits per heavy atom. The highest BCUT2D eigenvalue weighted by atomic mass is 15.1. The Hall–Kier alpha value is -0.0800. The molecule has 2 aliphatic heterocycles. The molecule has 2 spiro atoms. The third kappa shape index (κ3) is 4.42. The van der Waals surface area contributed by atoms with Crippen LogP contribution in [0.1, 0.15) is 85.0 Å². The maximum Gasteiger partial charge on any atom is -0.00134 e. The van der Waals surface area contributed by atoms with Crippen LogP contribution in [0.2, 0.25) is 0 Å². The lowest BCUT2D eigenvalue weighted by Crippen LogP contribution is -2.48. The van der Waals surface area contributed by atoms with Gasteiger partial charge in [-0.1, -0.05) is 20.8 Å². The molecule has 4 aliphatic rings. The van der Waals surface area contributed by atoms with Gasteiger partial charge < -0.3 is 9.80 Å². The van der Waals surface area contributed by atoms with Crippen LogP contribution in [0.5, 0.6) is 0 Å². The number of likely N-dealkylation sites (tertiary alicyclic amines) is 2. The summed E-state index contributed by atoms with van der Waals surface area (Å²) in [5.41, 5.74) is 1.50. The minimum atomic E-state index is 0.736. The molecule has 2 heterocycles. The van der Waals surface area contributed by atoms with Gasteiger partial charge in [0.1, 0.15) is 0 Å². The van der Waals surface area contributed by atoms with Crippen LogP contribution < -0.4 is 0 Å². The van der Waals surface area contributed by atoms with Crippen LogP contribution in [0.3, 0.4) is 0 Å². The van der Waals surface area contributed by atoms with Crippen LogP contribution in [0.4, 0.5) is 0 Å². The number of piperidine rings is 2. The first-order chi connectivity index (χ1) is 12.9. The lowest BCUT2D eigenvalue weighted by molar-refractivity contribution is -0.0318. The highest BCUT2D eigenvalue weighted by molar-refractivity contribution is 4.98. The fourth-order valence-corrected chi connectivity index (χ4v) is 7.09. The predicted molar refractivity (Wildman–Crippen MR) is 116 cm³/mol. The van der Waals surface area contributed by atoms with Gasteiger partial charge in [0, 0.05) is 0 Å². The molecule has 27 heavy (non-hydrogen) atoms. The van der Waals surface area contributed by atoms with Gasteiger partial charge in [-0.3, -0.25) is 0 Å². The molecule has 4 fully saturated rings. The van der Waals surface area contributed by atoms with Crippen molar-refractivity contribution in [1.82, 2.24) is 9.80 Å². The number of nitrogens with zero attached hydrogens (tertiary/aromatic N) is 2. The van der Waals surface area contributed by atoms with Gasteiger partial charge >= 0.3 is 0 Å². The molecule has 2 atom stereocenters. The van der Waals surface area contributed by atoms with Gasteiger partial charge in [0.25, 0.3) is 0 Å². The summed E-state index contributed by atoms with van der Waals surface area (Å²) < 4.78 is 0. The van der Waals surface area contributed by atoms with Crippen LogP contribution in [-0.4, -0.2) is 49.6 Å². The van der Waals surface area contributed by atoms with Gasteiger partial charge in [0.05, 0.1) is 0 Å². The van der Waals surface area contributed by atoms with Crippen LogP contribution in [0, 0.1) is 34.5 Å². The van der Waals surface area contributed by atoms with E-state index in [1.54, 1.807) is 6.42 Å². The van der Waals surface area contributed by atoms with Gasteiger partial charge in [0.2, 0.25) is 0 Å². The smallest absolute Gasteiger partial charge is 0.00134 e. The average molecular weight is 375 g/mol. The second kappa shape index (κ2) is 7.98. The minimum Gasteiger partial charge on any atom is -0.306 e. The van der Waals surface area contributed by atoms with Crippen molar-refractivity contribution in [1.29, 1.82) is 0 Å². The fraction of sp³-hybridized carbons (Fsp3) is 1.00. The Morgan fingerprint density at radius 3 is 2.00 bits per heavy atom. The Kier molecular flexibility index (Phi) is 5.97. The quantitative estimate of drug-likeness (QED) is 0.611. The van der Waals surface area contributed by atoms with Gasteiger partial charge in [-0.25, -0.2) is 0 Å². The molecule has 0 N–H and O–H groups in total. The molecule has 2 saturated heterocycles. The molecule has 0 aromatic carbocycles. The van der Waals surface area contributed by atoms with E-state index in [0.717, 1.165) is 34.5 Å². The first kappa shape index (κ1) is 20.2. The Bertz CT molecular complexity index is 475. The molecule has 2 nitrogen and oxygen atoms in total. The Balaban J connectivity index is 1.16. The average Bonchev–Trinajstić information content (AvgIpc) is 3.05. The maximum atomic E-state index is 2.81. The molecule has 0 amide bonds. The molecule has 0 radical (unpaired) electrons. The topological polar surface area (TPSA) is 6.48 Å². The van der Waals surface area contributed by atoms with Crippen LogP contribution in [0.15, 0.2) is 0 Å². The molecule has 2 saturated carbocycles. The van der Waals surface area contributed by atoms with E-state index < -0.39 is 0 Å². The SMILES string of the molecule is CC(C)C1CC2(CCN(CCC(C)C3CCC4(CCN(C)CC4)C3)CC2)C1. The zero-order chi connectivity index (χ0) is 19.1. The third-order valence-electron chi connectivity index (χ3n) is 9.74. The molecular formula is C25H46N2. The molecule has 156 valence electrons. The summed E-state index contributed by atoms with van der Waals surface area (Å²) in [4.78, 5) is 5.35. The normalized spacial score (nSPS) is 33.0. The van der Waals surface area contributed by atoms with Crippen molar-refractivity contribution < 1.29 is 0 Å². The standard InChI is InChI=1S/C25H46N2/c1-20(2)23-18-25(19-23)10-15-27(16-11-25)12-6-21(3)22-5-7-24(17-22)8-13-26(4)14-9-24/h20-23H,5-19H2,1-4H3. The second-order valence-corrected chi connectivity index (χ2v) is 11.8. The molecule has 2 heteroatoms. The lowest BCUT2D eigenvalue weighted by Gasteiger charge is -2.54. The molecular weight excluding hydrogens is 328 g/mol. The van der Waals surface area contributed by atoms with Gasteiger partial charge in [-0.05, 0) is 138 Å². The van der Waals surface area contributed by atoms with Crippen molar-refractivity contribution in [3.05, 3.63) is 0 Å². The zero-order valence-electron chi connectivity index (χ0n) is 18.8. The highest BCUT2D eigenvalue weighted by Crippen LogP contribution is 2.55. The van der Waals surface area contributed by atoms with Crippen molar-refractivity contribution in [3.63, 3.8) is 0 Å². The van der Waals surface area contributed by atoms with Crippen molar-refractivity contribution in [2.24, 2.45) is 34.5 Å². The van der Waals surface area contributed by atoms with E-state index in [1.165, 1.54) is 90.5 Å². The number of hydrogen-bond donors (Lipinski definition) is 0. The van der Waals surface area contributed by atoms with E-state index in [4.69, 9.17) is 0 Å². The van der Waals surface area contributed by atoms with E-state index >= 15 is 0 Å². The van der Waals surface area contributed by atoms with E-state index in [-0.39, 0.29) is 0 Å². The Labute approximate surface area is 169 Å². The number of rotatable bonds is 5. The summed E-state index contributed by atoms with van der Waals surface area (Å²) in [7, 11) is 2.30. The first-order valence-electron chi connectivity index (χ1n) is 12.3. The van der Waals surface area contributed by atoms with Crippen molar-refractivity contribution >= 4 is 0 Å². The summed E-state index contributed by atoms with van der Waals surface area (Å²) >= 11 is 0. The minimum absolute atomic E-state index is 0.736. The van der Waals surface area contributed by atoms with Crippen molar-refractivity contribution in [3.8, 4) is 0 Å². The van der Waals surface area contributed by atoms with Crippen LogP contribution in [0.25, 0.3) is 0 Å². The fourth-order valence-electron chi connectivity index (χ4n) is 7.09. The van der Waals surface area contributed by atoms with E-state index in [2.05, 4.69) is 37.6 Å². The molecule has 0 aromatic rings. The number of hydrogen-bond acceptors (Lipinski definition) is 2. The lowest BCUT2D eigenvalue weighted by atomic mass is 9.55. The molecule has 0 aromatic heterocycles. The van der Waals surface area contributed by atoms with E-state index in [0.29, 0.717) is 0 Å². The van der Waals surface area contributed by atoms with E-state index in [1.807, 2.05) is 0 Å². The van der Waals surface area contributed by atoms with Crippen molar-refractivity contribution in [2.45, 2.75) is 85.0 Å². The van der Waals surface area contributed by atoms with E-state index in [9.17, 15) is 0 Å². The predicted octanol–water partition coefficient (Wildman–Crippen LogP) is 5.67. The summed E-state index contributed by atoms with van der Waals surface area (Å²) in [5.74, 6) is 3.90. The summed E-state index contributed by atoms with van der Waals surface area (Å²) in [6.45, 7) is 14.2. The monoisotopic (exact) mass is 374 g/mol. The Morgan fingerprint density at radius 1 is 0.778 bits per heavy atom. The van der Waals surface area contributed by atoms with Gasteiger partial charge in [0.15, 0.2) is 0 Å². The molecule has 2 unspecified atom stereocenters. The summed E-state index contributed by atoms with van der Waals surface area (Å²) in [6, 6.07) is 0. The van der Waals surface area contributed by atoms with Gasteiger partial charge in [-0.15, -0.1) is 0 Å². The maximum absolute atomic E-state index is 2.81. The largest absolute Gasteiger partial charge is 0.306 e.